The number of anilines is 1. The predicted octanol–water partition coefficient (Wildman–Crippen LogP) is 3.19. The van der Waals surface area contributed by atoms with Crippen molar-refractivity contribution in [1.82, 2.24) is 9.21 Å². The minimum Gasteiger partial charge on any atom is -0.339 e. The minimum atomic E-state index is -3.57. The van der Waals surface area contributed by atoms with Gasteiger partial charge in [-0.15, -0.1) is 0 Å². The third kappa shape index (κ3) is 5.08. The Morgan fingerprint density at radius 1 is 1.07 bits per heavy atom. The van der Waals surface area contributed by atoms with Gasteiger partial charge < -0.3 is 10.2 Å². The number of carbonyl (C=O) groups is 2. The molecule has 0 atom stereocenters. The second-order valence-corrected chi connectivity index (χ2v) is 10.4. The lowest BCUT2D eigenvalue weighted by Gasteiger charge is -2.31. The number of benzene rings is 2. The van der Waals surface area contributed by atoms with Crippen LogP contribution in [-0.2, 0) is 14.8 Å². The van der Waals surface area contributed by atoms with Crippen LogP contribution in [0.5, 0.6) is 0 Å². The second-order valence-electron chi connectivity index (χ2n) is 7.38. The van der Waals surface area contributed by atoms with Gasteiger partial charge in [0, 0.05) is 48.8 Å². The molecule has 0 aliphatic carbocycles. The monoisotopic (exact) mass is 493 g/mol. The molecular weight excluding hydrogens is 470 g/mol. The van der Waals surface area contributed by atoms with Crippen LogP contribution < -0.4 is 5.32 Å². The molecule has 1 N–H and O–H groups in total. The number of halogens is 1. The van der Waals surface area contributed by atoms with Gasteiger partial charge in [-0.1, -0.05) is 22.0 Å². The van der Waals surface area contributed by atoms with Crippen molar-refractivity contribution in [2.24, 2.45) is 5.92 Å². The number of rotatable bonds is 5. The molecule has 3 rings (SSSR count). The number of likely N-dealkylation sites (tertiary alicyclic amines) is 1. The zero-order valence-corrected chi connectivity index (χ0v) is 19.2. The summed E-state index contributed by atoms with van der Waals surface area (Å²) in [6.07, 6.45) is 1.12. The Balaban J connectivity index is 1.59. The molecule has 0 aromatic heterocycles. The number of piperidine rings is 1. The molecule has 2 aromatic rings. The number of nitrogens with zero attached hydrogens (tertiary/aromatic N) is 2. The smallest absolute Gasteiger partial charge is 0.253 e. The summed E-state index contributed by atoms with van der Waals surface area (Å²) in [6, 6.07) is 13.4. The molecule has 30 heavy (non-hydrogen) atoms. The van der Waals surface area contributed by atoms with Crippen LogP contribution in [0.25, 0.3) is 0 Å². The first-order chi connectivity index (χ1) is 14.2. The fourth-order valence-corrected chi connectivity index (χ4v) is 4.52. The van der Waals surface area contributed by atoms with Crippen molar-refractivity contribution < 1.29 is 18.0 Å². The topological polar surface area (TPSA) is 86.8 Å². The first-order valence-electron chi connectivity index (χ1n) is 9.57. The summed E-state index contributed by atoms with van der Waals surface area (Å²) in [4.78, 5) is 27.2. The Labute approximate surface area is 185 Å². The molecule has 1 fully saturated rings. The lowest BCUT2D eigenvalue weighted by molar-refractivity contribution is -0.121. The van der Waals surface area contributed by atoms with Crippen LogP contribution in [-0.4, -0.2) is 56.6 Å². The summed E-state index contributed by atoms with van der Waals surface area (Å²) >= 11 is 3.36. The van der Waals surface area contributed by atoms with Gasteiger partial charge in [0.15, 0.2) is 0 Å². The maximum absolute atomic E-state index is 12.7. The van der Waals surface area contributed by atoms with Crippen LogP contribution in [0.1, 0.15) is 23.2 Å². The molecule has 1 saturated heterocycles. The molecule has 1 aliphatic rings. The average molecular weight is 494 g/mol. The number of hydrogen-bond acceptors (Lipinski definition) is 4. The number of carbonyl (C=O) groups excluding carboxylic acids is 2. The predicted molar refractivity (Wildman–Crippen MR) is 119 cm³/mol. The van der Waals surface area contributed by atoms with Crippen molar-refractivity contribution in [3.63, 3.8) is 0 Å². The van der Waals surface area contributed by atoms with Gasteiger partial charge in [-0.3, -0.25) is 9.59 Å². The third-order valence-electron chi connectivity index (χ3n) is 5.12. The molecule has 0 unspecified atom stereocenters. The van der Waals surface area contributed by atoms with E-state index < -0.39 is 10.0 Å². The Morgan fingerprint density at radius 3 is 2.30 bits per heavy atom. The van der Waals surface area contributed by atoms with Gasteiger partial charge in [-0.25, -0.2) is 12.7 Å². The normalized spacial score (nSPS) is 15.3. The Bertz CT molecular complexity index is 1030. The van der Waals surface area contributed by atoms with E-state index >= 15 is 0 Å². The van der Waals surface area contributed by atoms with Gasteiger partial charge in [0.1, 0.15) is 0 Å². The van der Waals surface area contributed by atoms with Crippen molar-refractivity contribution in [2.45, 2.75) is 17.7 Å². The number of amides is 2. The molecule has 0 saturated carbocycles. The molecule has 160 valence electrons. The highest BCUT2D eigenvalue weighted by atomic mass is 79.9. The van der Waals surface area contributed by atoms with Crippen molar-refractivity contribution in [2.75, 3.05) is 32.5 Å². The van der Waals surface area contributed by atoms with Gasteiger partial charge in [-0.2, -0.15) is 0 Å². The molecule has 0 radical (unpaired) electrons. The highest BCUT2D eigenvalue weighted by Crippen LogP contribution is 2.23. The molecular formula is C21H24BrN3O4S. The van der Waals surface area contributed by atoms with Gasteiger partial charge >= 0.3 is 0 Å². The summed E-state index contributed by atoms with van der Waals surface area (Å²) in [7, 11) is -0.647. The Hall–Kier alpha value is -2.23. The molecule has 2 aromatic carbocycles. The van der Waals surface area contributed by atoms with Crippen molar-refractivity contribution in [3.05, 3.63) is 58.6 Å². The number of hydrogen-bond donors (Lipinski definition) is 1. The van der Waals surface area contributed by atoms with E-state index in [4.69, 9.17) is 0 Å². The van der Waals surface area contributed by atoms with Gasteiger partial charge in [0.2, 0.25) is 15.9 Å². The molecule has 1 heterocycles. The van der Waals surface area contributed by atoms with E-state index in [9.17, 15) is 18.0 Å². The van der Waals surface area contributed by atoms with Crippen molar-refractivity contribution >= 4 is 43.5 Å². The zero-order valence-electron chi connectivity index (χ0n) is 16.8. The quantitative estimate of drug-likeness (QED) is 0.692. The molecule has 0 spiro atoms. The minimum absolute atomic E-state index is 0.0389. The van der Waals surface area contributed by atoms with Crippen molar-refractivity contribution in [3.8, 4) is 0 Å². The van der Waals surface area contributed by atoms with Crippen LogP contribution in [0.3, 0.4) is 0 Å². The highest BCUT2D eigenvalue weighted by molar-refractivity contribution is 9.10. The Kier molecular flexibility index (Phi) is 6.95. The summed E-state index contributed by atoms with van der Waals surface area (Å²) < 4.78 is 26.6. The van der Waals surface area contributed by atoms with E-state index in [-0.39, 0.29) is 22.6 Å². The van der Waals surface area contributed by atoms with Crippen LogP contribution >= 0.6 is 15.9 Å². The second kappa shape index (κ2) is 9.28. The van der Waals surface area contributed by atoms with Crippen LogP contribution in [0.2, 0.25) is 0 Å². The first-order valence-corrected chi connectivity index (χ1v) is 11.8. The van der Waals surface area contributed by atoms with Crippen LogP contribution in [0.4, 0.5) is 5.69 Å². The van der Waals surface area contributed by atoms with E-state index in [1.54, 1.807) is 29.2 Å². The summed E-state index contributed by atoms with van der Waals surface area (Å²) in [5.41, 5.74) is 1.07. The van der Waals surface area contributed by atoms with Gasteiger partial charge in [0.05, 0.1) is 4.90 Å². The third-order valence-corrected chi connectivity index (χ3v) is 7.46. The molecule has 9 heteroatoms. The molecule has 2 amide bonds. The Morgan fingerprint density at radius 2 is 1.70 bits per heavy atom. The van der Waals surface area contributed by atoms with Crippen LogP contribution in [0.15, 0.2) is 57.9 Å². The molecule has 7 nitrogen and oxygen atoms in total. The lowest BCUT2D eigenvalue weighted by atomic mass is 9.95. The number of sulfonamides is 1. The summed E-state index contributed by atoms with van der Waals surface area (Å²) in [5.74, 6) is -0.429. The fraction of sp³-hybridized carbons (Fsp3) is 0.333. The fourth-order valence-electron chi connectivity index (χ4n) is 3.31. The highest BCUT2D eigenvalue weighted by Gasteiger charge is 2.28. The number of nitrogens with one attached hydrogen (secondary N) is 1. The van der Waals surface area contributed by atoms with E-state index in [0.29, 0.717) is 37.2 Å². The maximum Gasteiger partial charge on any atom is 0.253 e. The molecule has 1 aliphatic heterocycles. The zero-order chi connectivity index (χ0) is 21.9. The summed E-state index contributed by atoms with van der Waals surface area (Å²) in [5, 5.41) is 2.81. The SMILES string of the molecule is CN(C)S(=O)(=O)c1cccc(NC(=O)C2CCN(C(=O)c3ccc(Br)cc3)CC2)c1. The van der Waals surface area contributed by atoms with E-state index in [0.717, 1.165) is 8.78 Å². The van der Waals surface area contributed by atoms with Crippen LogP contribution in [0, 0.1) is 5.92 Å². The van der Waals surface area contributed by atoms with Crippen molar-refractivity contribution in [1.29, 1.82) is 0 Å². The van der Waals surface area contributed by atoms with Gasteiger partial charge in [0.25, 0.3) is 5.91 Å². The first kappa shape index (κ1) is 22.5. The van der Waals surface area contributed by atoms with E-state index in [1.807, 2.05) is 12.1 Å². The lowest BCUT2D eigenvalue weighted by Crippen LogP contribution is -2.41. The standard InChI is InChI=1S/C21H24BrN3O4S/c1-24(2)30(28,29)19-5-3-4-18(14-19)23-20(26)15-10-12-25(13-11-15)21(27)16-6-8-17(22)9-7-16/h3-9,14-15H,10-13H2,1-2H3,(H,23,26). The molecule has 0 bridgehead atoms. The summed E-state index contributed by atoms with van der Waals surface area (Å²) in [6.45, 7) is 1.00. The van der Waals surface area contributed by atoms with Gasteiger partial charge in [-0.05, 0) is 55.3 Å². The average Bonchev–Trinajstić information content (AvgIpc) is 2.74. The van der Waals surface area contributed by atoms with E-state index in [1.165, 1.54) is 26.2 Å². The maximum atomic E-state index is 12.7. The largest absolute Gasteiger partial charge is 0.339 e. The van der Waals surface area contributed by atoms with E-state index in [2.05, 4.69) is 21.2 Å².